The van der Waals surface area contributed by atoms with E-state index >= 15 is 0 Å². The second-order valence-electron chi connectivity index (χ2n) is 9.58. The molecule has 0 saturated heterocycles. The van der Waals surface area contributed by atoms with Gasteiger partial charge in [0.1, 0.15) is 12.7 Å². The Hall–Kier alpha value is -1.85. The van der Waals surface area contributed by atoms with Crippen molar-refractivity contribution in [2.75, 3.05) is 25.1 Å². The fourth-order valence-corrected chi connectivity index (χ4v) is 4.00. The number of aryl methyl sites for hydroxylation is 1. The predicted molar refractivity (Wildman–Crippen MR) is 147 cm³/mol. The van der Waals surface area contributed by atoms with E-state index in [1.165, 1.54) is 89.9 Å². The molecule has 5 heteroatoms. The number of hydrogen-bond donors (Lipinski definition) is 3. The van der Waals surface area contributed by atoms with Gasteiger partial charge < -0.3 is 20.3 Å². The van der Waals surface area contributed by atoms with Gasteiger partial charge >= 0.3 is 5.97 Å². The molecule has 0 aromatic heterocycles. The molecule has 0 heterocycles. The topological polar surface area (TPSA) is 78.8 Å². The number of ether oxygens (including phenoxy) is 1. The summed E-state index contributed by atoms with van der Waals surface area (Å²) in [5.74, 6) is -0.361. The molecule has 0 bridgehead atoms. The summed E-state index contributed by atoms with van der Waals surface area (Å²) in [4.78, 5) is 11.7. The van der Waals surface area contributed by atoms with Crippen LogP contribution in [0.15, 0.2) is 36.4 Å². The van der Waals surface area contributed by atoms with Crippen LogP contribution in [0.1, 0.15) is 109 Å². The molecular formula is C30H51NO4. The zero-order chi connectivity index (χ0) is 25.4. The van der Waals surface area contributed by atoms with Crippen LogP contribution in [0.2, 0.25) is 0 Å². The molecule has 0 aliphatic heterocycles. The lowest BCUT2D eigenvalue weighted by Crippen LogP contribution is -2.22. The van der Waals surface area contributed by atoms with E-state index in [0.717, 1.165) is 17.8 Å². The second kappa shape index (κ2) is 22.6. The van der Waals surface area contributed by atoms with E-state index in [-0.39, 0.29) is 19.0 Å². The van der Waals surface area contributed by atoms with Gasteiger partial charge in [-0.25, -0.2) is 0 Å². The summed E-state index contributed by atoms with van der Waals surface area (Å²) in [6.45, 7) is 2.67. The molecular weight excluding hydrogens is 438 g/mol. The van der Waals surface area contributed by atoms with Crippen molar-refractivity contribution in [3.05, 3.63) is 42.0 Å². The van der Waals surface area contributed by atoms with Crippen molar-refractivity contribution in [2.24, 2.45) is 0 Å². The van der Waals surface area contributed by atoms with Gasteiger partial charge in [0.2, 0.25) is 0 Å². The van der Waals surface area contributed by atoms with Gasteiger partial charge in [-0.15, -0.1) is 0 Å². The minimum atomic E-state index is -1.01. The lowest BCUT2D eigenvalue weighted by atomic mass is 10.1. The maximum Gasteiger partial charge on any atom is 0.306 e. The second-order valence-corrected chi connectivity index (χ2v) is 9.58. The van der Waals surface area contributed by atoms with E-state index < -0.39 is 12.7 Å². The molecule has 1 unspecified atom stereocenters. The SMILES string of the molecule is CCCCCCCCC=CCCCCCCCCNc1cccc(CCC(=O)OCC(O)CO)c1. The molecule has 0 spiro atoms. The lowest BCUT2D eigenvalue weighted by molar-refractivity contribution is -0.147. The minimum Gasteiger partial charge on any atom is -0.463 e. The smallest absolute Gasteiger partial charge is 0.306 e. The number of allylic oxidation sites excluding steroid dienone is 2. The van der Waals surface area contributed by atoms with Crippen molar-refractivity contribution >= 4 is 11.7 Å². The normalized spacial score (nSPS) is 12.2. The Balaban J connectivity index is 1.97. The third kappa shape index (κ3) is 19.1. The van der Waals surface area contributed by atoms with Crippen molar-refractivity contribution < 1.29 is 19.7 Å². The molecule has 200 valence electrons. The highest BCUT2D eigenvalue weighted by Gasteiger charge is 2.08. The van der Waals surface area contributed by atoms with Crippen LogP contribution in [-0.4, -0.2) is 42.0 Å². The van der Waals surface area contributed by atoms with Gasteiger partial charge in [-0.3, -0.25) is 4.79 Å². The van der Waals surface area contributed by atoms with Gasteiger partial charge in [-0.05, 0) is 56.2 Å². The zero-order valence-corrected chi connectivity index (χ0v) is 22.2. The summed E-state index contributed by atoms with van der Waals surface area (Å²) >= 11 is 0. The standard InChI is InChI=1S/C30H51NO4/c1-2-3-4-5-6-7-8-9-10-11-12-13-14-15-16-17-23-31-28-20-18-19-27(24-28)21-22-30(34)35-26-29(33)25-32/h9-10,18-20,24,29,31-33H,2-8,11-17,21-23,25-26H2,1H3. The monoisotopic (exact) mass is 489 g/mol. The molecule has 1 aromatic carbocycles. The molecule has 1 aromatic rings. The molecule has 0 radical (unpaired) electrons. The first-order valence-electron chi connectivity index (χ1n) is 14.1. The largest absolute Gasteiger partial charge is 0.463 e. The summed E-state index contributed by atoms with van der Waals surface area (Å²) in [5, 5.41) is 21.5. The first-order valence-corrected chi connectivity index (χ1v) is 14.1. The van der Waals surface area contributed by atoms with Crippen molar-refractivity contribution in [2.45, 2.75) is 116 Å². The highest BCUT2D eigenvalue weighted by molar-refractivity contribution is 5.69. The van der Waals surface area contributed by atoms with E-state index in [1.54, 1.807) is 0 Å². The average molecular weight is 490 g/mol. The summed E-state index contributed by atoms with van der Waals surface area (Å²) in [5.41, 5.74) is 2.16. The van der Waals surface area contributed by atoms with Gasteiger partial charge in [0.05, 0.1) is 6.61 Å². The minimum absolute atomic E-state index is 0.159. The number of anilines is 1. The number of benzene rings is 1. The Kier molecular flexibility index (Phi) is 20.1. The van der Waals surface area contributed by atoms with Crippen LogP contribution in [0, 0.1) is 0 Å². The Morgan fingerprint density at radius 1 is 0.943 bits per heavy atom. The maximum atomic E-state index is 11.7. The van der Waals surface area contributed by atoms with E-state index in [4.69, 9.17) is 9.84 Å². The third-order valence-electron chi connectivity index (χ3n) is 6.21. The first-order chi connectivity index (χ1) is 17.2. The molecule has 35 heavy (non-hydrogen) atoms. The molecule has 1 atom stereocenters. The summed E-state index contributed by atoms with van der Waals surface area (Å²) < 4.78 is 4.95. The molecule has 0 fully saturated rings. The van der Waals surface area contributed by atoms with Crippen LogP contribution < -0.4 is 5.32 Å². The molecule has 3 N–H and O–H groups in total. The van der Waals surface area contributed by atoms with Gasteiger partial charge in [0.15, 0.2) is 0 Å². The van der Waals surface area contributed by atoms with Crippen LogP contribution in [0.25, 0.3) is 0 Å². The number of aliphatic hydroxyl groups is 2. The van der Waals surface area contributed by atoms with Crippen LogP contribution in [-0.2, 0) is 16.0 Å². The fraction of sp³-hybridized carbons (Fsp3) is 0.700. The van der Waals surface area contributed by atoms with Crippen LogP contribution in [0.5, 0.6) is 0 Å². The highest BCUT2D eigenvalue weighted by atomic mass is 16.5. The van der Waals surface area contributed by atoms with Gasteiger partial charge in [-0.1, -0.05) is 89.0 Å². The summed E-state index contributed by atoms with van der Waals surface area (Å²) in [6.07, 6.45) is 23.1. The fourth-order valence-electron chi connectivity index (χ4n) is 4.00. The van der Waals surface area contributed by atoms with Crippen LogP contribution in [0.4, 0.5) is 5.69 Å². The van der Waals surface area contributed by atoms with Crippen molar-refractivity contribution in [1.82, 2.24) is 0 Å². The number of hydrogen-bond acceptors (Lipinski definition) is 5. The van der Waals surface area contributed by atoms with E-state index in [9.17, 15) is 9.90 Å². The molecule has 0 saturated carbocycles. The number of carbonyl (C=O) groups is 1. The molecule has 5 nitrogen and oxygen atoms in total. The van der Waals surface area contributed by atoms with E-state index in [1.807, 2.05) is 12.1 Å². The zero-order valence-electron chi connectivity index (χ0n) is 22.2. The first kappa shape index (κ1) is 31.2. The number of esters is 1. The quantitative estimate of drug-likeness (QED) is 0.0879. The Morgan fingerprint density at radius 2 is 1.57 bits per heavy atom. The van der Waals surface area contributed by atoms with Crippen molar-refractivity contribution in [3.8, 4) is 0 Å². The Morgan fingerprint density at radius 3 is 2.23 bits per heavy atom. The van der Waals surface area contributed by atoms with Gasteiger partial charge in [0.25, 0.3) is 0 Å². The molecule has 0 aliphatic carbocycles. The Bertz CT molecular complexity index is 662. The van der Waals surface area contributed by atoms with Crippen molar-refractivity contribution in [3.63, 3.8) is 0 Å². The van der Waals surface area contributed by atoms with Gasteiger partial charge in [-0.2, -0.15) is 0 Å². The Labute approximate surface area is 214 Å². The van der Waals surface area contributed by atoms with Crippen LogP contribution in [0.3, 0.4) is 0 Å². The molecule has 0 aliphatic rings. The van der Waals surface area contributed by atoms with E-state index in [2.05, 4.69) is 36.5 Å². The summed E-state index contributed by atoms with van der Waals surface area (Å²) in [6, 6.07) is 8.14. The number of rotatable bonds is 23. The number of carbonyl (C=O) groups excluding carboxylic acids is 1. The van der Waals surface area contributed by atoms with Crippen molar-refractivity contribution in [1.29, 1.82) is 0 Å². The number of unbranched alkanes of at least 4 members (excludes halogenated alkanes) is 12. The van der Waals surface area contributed by atoms with Crippen LogP contribution >= 0.6 is 0 Å². The molecule has 1 rings (SSSR count). The van der Waals surface area contributed by atoms with E-state index in [0.29, 0.717) is 6.42 Å². The number of aliphatic hydroxyl groups excluding tert-OH is 2. The lowest BCUT2D eigenvalue weighted by Gasteiger charge is -2.10. The van der Waals surface area contributed by atoms with Gasteiger partial charge in [0, 0.05) is 18.7 Å². The molecule has 0 amide bonds. The maximum absolute atomic E-state index is 11.7. The predicted octanol–water partition coefficient (Wildman–Crippen LogP) is 6.97. The highest BCUT2D eigenvalue weighted by Crippen LogP contribution is 2.14. The average Bonchev–Trinajstić information content (AvgIpc) is 2.88. The number of nitrogens with one attached hydrogen (secondary N) is 1. The third-order valence-corrected chi connectivity index (χ3v) is 6.21. The summed E-state index contributed by atoms with van der Waals surface area (Å²) in [7, 11) is 0.